The third-order valence-corrected chi connectivity index (χ3v) is 5.98. The van der Waals surface area contributed by atoms with Crippen LogP contribution in [0.25, 0.3) is 0 Å². The van der Waals surface area contributed by atoms with Crippen molar-refractivity contribution in [1.82, 2.24) is 5.32 Å². The van der Waals surface area contributed by atoms with Crippen molar-refractivity contribution < 1.29 is 19.1 Å². The lowest BCUT2D eigenvalue weighted by Crippen LogP contribution is -2.27. The number of hydrogen-bond donors (Lipinski definition) is 2. The monoisotopic (exact) mass is 474 g/mol. The quantitative estimate of drug-likeness (QED) is 0.433. The van der Waals surface area contributed by atoms with Crippen LogP contribution in [0.15, 0.2) is 75.1 Å². The molecule has 0 fully saturated rings. The van der Waals surface area contributed by atoms with Crippen molar-refractivity contribution in [3.05, 3.63) is 75.9 Å². The maximum atomic E-state index is 12.2. The number of anilines is 1. The van der Waals surface area contributed by atoms with Gasteiger partial charge >= 0.3 is 5.97 Å². The van der Waals surface area contributed by atoms with Crippen LogP contribution in [0.3, 0.4) is 0 Å². The molecule has 1 aromatic heterocycles. The first-order valence-electron chi connectivity index (χ1n) is 9.29. The fraction of sp³-hybridized carbons (Fsp3) is 0.136. The number of hydrogen-bond acceptors (Lipinski definition) is 6. The summed E-state index contributed by atoms with van der Waals surface area (Å²) in [6, 6.07) is 16.4. The fourth-order valence-electron chi connectivity index (χ4n) is 2.47. The van der Waals surface area contributed by atoms with Gasteiger partial charge in [0.05, 0.1) is 12.1 Å². The smallest absolute Gasteiger partial charge is 0.308 e. The fourth-order valence-corrected chi connectivity index (χ4v) is 4.13. The highest BCUT2D eigenvalue weighted by Gasteiger charge is 2.12. The lowest BCUT2D eigenvalue weighted by Gasteiger charge is -2.11. The van der Waals surface area contributed by atoms with E-state index in [0.29, 0.717) is 16.3 Å². The molecule has 0 saturated heterocycles. The van der Waals surface area contributed by atoms with Gasteiger partial charge in [-0.15, -0.1) is 0 Å². The summed E-state index contributed by atoms with van der Waals surface area (Å²) >= 11 is 8.82. The average molecular weight is 475 g/mol. The SMILES string of the molecule is O=C(COC(=O)CCNC(=O)c1ccsc1)Nc1ccccc1Sc1ccc(Cl)cc1. The van der Waals surface area contributed by atoms with Gasteiger partial charge in [-0.05, 0) is 47.8 Å². The molecule has 0 aliphatic rings. The number of ether oxygens (including phenoxy) is 1. The molecule has 3 rings (SSSR count). The Bertz CT molecular complexity index is 1040. The number of benzene rings is 2. The zero-order valence-electron chi connectivity index (χ0n) is 16.3. The van der Waals surface area contributed by atoms with E-state index in [1.807, 2.05) is 30.3 Å². The highest BCUT2D eigenvalue weighted by molar-refractivity contribution is 7.99. The minimum absolute atomic E-state index is 0.0217. The van der Waals surface area contributed by atoms with Gasteiger partial charge < -0.3 is 15.4 Å². The van der Waals surface area contributed by atoms with Crippen LogP contribution in [-0.4, -0.2) is 30.9 Å². The Morgan fingerprint density at radius 1 is 1.03 bits per heavy atom. The molecule has 31 heavy (non-hydrogen) atoms. The van der Waals surface area contributed by atoms with Crippen LogP contribution < -0.4 is 10.6 Å². The minimum Gasteiger partial charge on any atom is -0.456 e. The highest BCUT2D eigenvalue weighted by atomic mass is 35.5. The normalized spacial score (nSPS) is 10.4. The van der Waals surface area contributed by atoms with Crippen LogP contribution in [-0.2, 0) is 14.3 Å². The molecule has 0 bridgehead atoms. The standard InChI is InChI=1S/C22H19ClN2O4S2/c23-16-5-7-17(8-6-16)31-19-4-2-1-3-18(19)25-20(26)13-29-21(27)9-11-24-22(28)15-10-12-30-14-15/h1-8,10,12,14H,9,11,13H2,(H,24,28)(H,25,26). The first-order valence-corrected chi connectivity index (χ1v) is 11.4. The first-order chi connectivity index (χ1) is 15.0. The molecule has 2 N–H and O–H groups in total. The maximum Gasteiger partial charge on any atom is 0.308 e. The van der Waals surface area contributed by atoms with Crippen molar-refractivity contribution in [3.8, 4) is 0 Å². The number of nitrogens with one attached hydrogen (secondary N) is 2. The van der Waals surface area contributed by atoms with Crippen LogP contribution in [0.1, 0.15) is 16.8 Å². The Hall–Kier alpha value is -2.81. The molecule has 6 nitrogen and oxygen atoms in total. The molecular formula is C22H19ClN2O4S2. The van der Waals surface area contributed by atoms with E-state index in [-0.39, 0.29) is 18.9 Å². The summed E-state index contributed by atoms with van der Waals surface area (Å²) in [5, 5.41) is 9.57. The predicted octanol–water partition coefficient (Wildman–Crippen LogP) is 4.85. The second-order valence-corrected chi connectivity index (χ2v) is 8.61. The number of thiophene rings is 1. The Balaban J connectivity index is 1.43. The number of para-hydroxylation sites is 1. The topological polar surface area (TPSA) is 84.5 Å². The molecule has 0 unspecified atom stereocenters. The molecule has 2 amide bonds. The average Bonchev–Trinajstić information content (AvgIpc) is 3.30. The number of halogens is 1. The third kappa shape index (κ3) is 7.43. The number of esters is 1. The minimum atomic E-state index is -0.565. The van der Waals surface area contributed by atoms with E-state index in [2.05, 4.69) is 10.6 Å². The van der Waals surface area contributed by atoms with Crippen molar-refractivity contribution >= 4 is 58.2 Å². The molecular weight excluding hydrogens is 456 g/mol. The summed E-state index contributed by atoms with van der Waals surface area (Å²) in [6.45, 7) is -0.271. The summed E-state index contributed by atoms with van der Waals surface area (Å²) in [4.78, 5) is 37.7. The zero-order chi connectivity index (χ0) is 22.1. The Kier molecular flexibility index (Phi) is 8.52. The van der Waals surface area contributed by atoms with E-state index in [4.69, 9.17) is 16.3 Å². The highest BCUT2D eigenvalue weighted by Crippen LogP contribution is 2.33. The first kappa shape index (κ1) is 22.9. The number of amides is 2. The zero-order valence-corrected chi connectivity index (χ0v) is 18.7. The molecule has 0 aliphatic carbocycles. The summed E-state index contributed by atoms with van der Waals surface area (Å²) < 4.78 is 5.00. The summed E-state index contributed by atoms with van der Waals surface area (Å²) in [6.07, 6.45) is -0.0217. The van der Waals surface area contributed by atoms with Crippen LogP contribution in [0.2, 0.25) is 5.02 Å². The molecule has 160 valence electrons. The van der Waals surface area contributed by atoms with Gasteiger partial charge in [0.25, 0.3) is 11.8 Å². The lowest BCUT2D eigenvalue weighted by atomic mass is 10.3. The van der Waals surface area contributed by atoms with Gasteiger partial charge in [-0.3, -0.25) is 14.4 Å². The van der Waals surface area contributed by atoms with Gasteiger partial charge in [0.15, 0.2) is 6.61 Å². The van der Waals surface area contributed by atoms with E-state index in [1.54, 1.807) is 35.0 Å². The number of carbonyl (C=O) groups is 3. The van der Waals surface area contributed by atoms with Gasteiger partial charge in [-0.1, -0.05) is 35.5 Å². The van der Waals surface area contributed by atoms with Gasteiger partial charge in [0, 0.05) is 32.3 Å². The molecule has 0 radical (unpaired) electrons. The van der Waals surface area contributed by atoms with E-state index in [0.717, 1.165) is 9.79 Å². The molecule has 0 spiro atoms. The predicted molar refractivity (Wildman–Crippen MR) is 123 cm³/mol. The van der Waals surface area contributed by atoms with E-state index in [1.165, 1.54) is 23.1 Å². The van der Waals surface area contributed by atoms with E-state index < -0.39 is 18.5 Å². The van der Waals surface area contributed by atoms with Crippen molar-refractivity contribution in [1.29, 1.82) is 0 Å². The summed E-state index contributed by atoms with van der Waals surface area (Å²) in [5.41, 5.74) is 1.17. The van der Waals surface area contributed by atoms with Crippen LogP contribution in [0.4, 0.5) is 5.69 Å². The van der Waals surface area contributed by atoms with E-state index in [9.17, 15) is 14.4 Å². The van der Waals surface area contributed by atoms with Gasteiger partial charge in [0.2, 0.25) is 0 Å². The second kappa shape index (κ2) is 11.5. The molecule has 0 saturated carbocycles. The van der Waals surface area contributed by atoms with Crippen molar-refractivity contribution in [2.75, 3.05) is 18.5 Å². The Morgan fingerprint density at radius 2 is 1.81 bits per heavy atom. The molecule has 3 aromatic rings. The summed E-state index contributed by atoms with van der Waals surface area (Å²) in [7, 11) is 0. The second-order valence-electron chi connectivity index (χ2n) is 6.28. The largest absolute Gasteiger partial charge is 0.456 e. The van der Waals surface area contributed by atoms with E-state index >= 15 is 0 Å². The van der Waals surface area contributed by atoms with Gasteiger partial charge in [-0.2, -0.15) is 11.3 Å². The molecule has 0 aliphatic heterocycles. The maximum absolute atomic E-state index is 12.2. The molecule has 2 aromatic carbocycles. The number of carbonyl (C=O) groups excluding carboxylic acids is 3. The Labute approximate surface area is 192 Å². The number of rotatable bonds is 9. The third-order valence-electron chi connectivity index (χ3n) is 3.96. The van der Waals surface area contributed by atoms with Crippen molar-refractivity contribution in [3.63, 3.8) is 0 Å². The van der Waals surface area contributed by atoms with Crippen LogP contribution in [0.5, 0.6) is 0 Å². The van der Waals surface area contributed by atoms with Gasteiger partial charge in [-0.25, -0.2) is 0 Å². The van der Waals surface area contributed by atoms with Crippen LogP contribution in [0, 0.1) is 0 Å². The summed E-state index contributed by atoms with van der Waals surface area (Å²) in [5.74, 6) is -1.26. The molecule has 9 heteroatoms. The van der Waals surface area contributed by atoms with Crippen molar-refractivity contribution in [2.24, 2.45) is 0 Å². The Morgan fingerprint density at radius 3 is 2.55 bits per heavy atom. The van der Waals surface area contributed by atoms with Crippen molar-refractivity contribution in [2.45, 2.75) is 16.2 Å². The lowest BCUT2D eigenvalue weighted by molar-refractivity contribution is -0.147. The van der Waals surface area contributed by atoms with Crippen LogP contribution >= 0.6 is 34.7 Å². The molecule has 0 atom stereocenters. The molecule has 1 heterocycles. The van der Waals surface area contributed by atoms with Gasteiger partial charge in [0.1, 0.15) is 0 Å².